The van der Waals surface area contributed by atoms with E-state index in [0.29, 0.717) is 0 Å². The van der Waals surface area contributed by atoms with Crippen LogP contribution in [-0.2, 0) is 0 Å². The van der Waals surface area contributed by atoms with E-state index in [2.05, 4.69) is 29.2 Å². The van der Waals surface area contributed by atoms with Gasteiger partial charge in [0, 0.05) is 0 Å². The first kappa shape index (κ1) is 8.17. The summed E-state index contributed by atoms with van der Waals surface area (Å²) in [6.07, 6.45) is 5.83. The van der Waals surface area contributed by atoms with Gasteiger partial charge in [0.2, 0.25) is 0 Å². The lowest BCUT2D eigenvalue weighted by atomic mass is 10.2. The van der Waals surface area contributed by atoms with Gasteiger partial charge in [-0.1, -0.05) is 25.5 Å². The van der Waals surface area contributed by atoms with Crippen LogP contribution in [0.1, 0.15) is 26.7 Å². The first-order valence-corrected chi connectivity index (χ1v) is 4.04. The average molecular weight is 130 g/mol. The Hall–Kier alpha value is 0.170. The Morgan fingerprint density at radius 1 is 1.50 bits per heavy atom. The van der Waals surface area contributed by atoms with Crippen molar-refractivity contribution in [3.63, 3.8) is 0 Å². The Morgan fingerprint density at radius 3 is 2.25 bits per heavy atom. The molecule has 0 nitrogen and oxygen atoms in total. The van der Waals surface area contributed by atoms with Gasteiger partial charge in [0.05, 0.1) is 0 Å². The van der Waals surface area contributed by atoms with Gasteiger partial charge in [-0.15, -0.1) is 9.24 Å². The molecule has 0 fully saturated rings. The lowest BCUT2D eigenvalue weighted by Gasteiger charge is -1.95. The van der Waals surface area contributed by atoms with Crippen molar-refractivity contribution in [1.29, 1.82) is 0 Å². The molecule has 0 amide bonds. The van der Waals surface area contributed by atoms with Gasteiger partial charge in [0.1, 0.15) is 0 Å². The largest absolute Gasteiger partial charge is 0.133 e. The molecule has 0 heterocycles. The van der Waals surface area contributed by atoms with Gasteiger partial charge in [-0.05, 0) is 19.0 Å². The first-order valence-electron chi connectivity index (χ1n) is 3.23. The Bertz CT molecular complexity index is 68.5. The zero-order valence-corrected chi connectivity index (χ0v) is 6.93. The minimum Gasteiger partial charge on any atom is -0.133 e. The molecule has 0 rings (SSSR count). The molecule has 0 N–H and O–H groups in total. The number of hydrogen-bond acceptors (Lipinski definition) is 0. The highest BCUT2D eigenvalue weighted by atomic mass is 31.0. The molecule has 0 aliphatic carbocycles. The van der Waals surface area contributed by atoms with Gasteiger partial charge in [0.25, 0.3) is 0 Å². The summed E-state index contributed by atoms with van der Waals surface area (Å²) in [7, 11) is 2.74. The monoisotopic (exact) mass is 130 g/mol. The Kier molecular flexibility index (Phi) is 5.42. The average Bonchev–Trinajstić information content (AvgIpc) is 1.83. The fourth-order valence-corrected chi connectivity index (χ4v) is 1.12. The van der Waals surface area contributed by atoms with Crippen LogP contribution in [0.2, 0.25) is 0 Å². The van der Waals surface area contributed by atoms with E-state index >= 15 is 0 Å². The molecule has 0 aromatic carbocycles. The van der Waals surface area contributed by atoms with E-state index in [9.17, 15) is 0 Å². The molecule has 0 aliphatic heterocycles. The minimum atomic E-state index is 1.14. The van der Waals surface area contributed by atoms with E-state index in [1.807, 2.05) is 0 Å². The SMILES string of the molecule is CCC=C(CC)CP. The molecule has 0 saturated carbocycles. The Morgan fingerprint density at radius 2 is 2.12 bits per heavy atom. The molecule has 8 heavy (non-hydrogen) atoms. The van der Waals surface area contributed by atoms with Gasteiger partial charge in [0.15, 0.2) is 0 Å². The molecule has 0 bridgehead atoms. The highest BCUT2D eigenvalue weighted by Gasteiger charge is 1.84. The molecule has 0 aliphatic rings. The second kappa shape index (κ2) is 5.31. The van der Waals surface area contributed by atoms with Crippen molar-refractivity contribution >= 4 is 9.24 Å². The van der Waals surface area contributed by atoms with Crippen LogP contribution in [0.4, 0.5) is 0 Å². The van der Waals surface area contributed by atoms with Gasteiger partial charge in [-0.25, -0.2) is 0 Å². The maximum Gasteiger partial charge on any atom is -0.0170 e. The van der Waals surface area contributed by atoms with Gasteiger partial charge in [-0.2, -0.15) is 0 Å². The van der Waals surface area contributed by atoms with Crippen LogP contribution in [0.3, 0.4) is 0 Å². The van der Waals surface area contributed by atoms with Crippen LogP contribution < -0.4 is 0 Å². The van der Waals surface area contributed by atoms with E-state index in [1.165, 1.54) is 12.8 Å². The zero-order chi connectivity index (χ0) is 6.41. The maximum absolute atomic E-state index is 2.74. The second-order valence-electron chi connectivity index (χ2n) is 1.83. The van der Waals surface area contributed by atoms with Crippen LogP contribution in [-0.4, -0.2) is 6.16 Å². The topological polar surface area (TPSA) is 0 Å². The van der Waals surface area contributed by atoms with E-state index in [1.54, 1.807) is 5.57 Å². The summed E-state index contributed by atoms with van der Waals surface area (Å²) in [4.78, 5) is 0. The molecule has 1 atom stereocenters. The van der Waals surface area contributed by atoms with Gasteiger partial charge in [-0.3, -0.25) is 0 Å². The minimum absolute atomic E-state index is 1.14. The zero-order valence-electron chi connectivity index (χ0n) is 5.78. The van der Waals surface area contributed by atoms with Crippen LogP contribution in [0, 0.1) is 0 Å². The quantitative estimate of drug-likeness (QED) is 0.407. The lowest BCUT2D eigenvalue weighted by molar-refractivity contribution is 1.06. The van der Waals surface area contributed by atoms with Crippen LogP contribution in [0.5, 0.6) is 0 Å². The van der Waals surface area contributed by atoms with Crippen molar-refractivity contribution in [2.75, 3.05) is 6.16 Å². The lowest BCUT2D eigenvalue weighted by Crippen LogP contribution is -1.79. The number of rotatable bonds is 3. The summed E-state index contributed by atoms with van der Waals surface area (Å²) >= 11 is 0. The molecule has 1 heteroatoms. The third-order valence-electron chi connectivity index (χ3n) is 1.21. The van der Waals surface area contributed by atoms with Gasteiger partial charge < -0.3 is 0 Å². The van der Waals surface area contributed by atoms with Crippen LogP contribution in [0.15, 0.2) is 11.6 Å². The molecule has 48 valence electrons. The highest BCUT2D eigenvalue weighted by molar-refractivity contribution is 7.16. The van der Waals surface area contributed by atoms with E-state index in [-0.39, 0.29) is 0 Å². The summed E-state index contributed by atoms with van der Waals surface area (Å²) in [5, 5.41) is 0. The summed E-state index contributed by atoms with van der Waals surface area (Å²) < 4.78 is 0. The summed E-state index contributed by atoms with van der Waals surface area (Å²) in [6.45, 7) is 4.38. The molecule has 0 saturated heterocycles. The van der Waals surface area contributed by atoms with Crippen LogP contribution >= 0.6 is 9.24 Å². The normalized spacial score (nSPS) is 12.1. The predicted octanol–water partition coefficient (Wildman–Crippen LogP) is 2.61. The smallest absolute Gasteiger partial charge is 0.0170 e. The molecular weight excluding hydrogens is 115 g/mol. The maximum atomic E-state index is 2.74. The molecule has 0 aromatic heterocycles. The molecule has 0 radical (unpaired) electrons. The molecular formula is C7H15P. The standard InChI is InChI=1S/C7H15P/c1-3-5-7(4-2)6-8/h5H,3-4,6,8H2,1-2H3. The summed E-state index contributed by atoms with van der Waals surface area (Å²) in [5.74, 6) is 0. The van der Waals surface area contributed by atoms with Crippen molar-refractivity contribution in [2.24, 2.45) is 0 Å². The Labute approximate surface area is 54.6 Å². The Balaban J connectivity index is 3.49. The van der Waals surface area contributed by atoms with Crippen LogP contribution in [0.25, 0.3) is 0 Å². The third kappa shape index (κ3) is 3.21. The first-order chi connectivity index (χ1) is 3.85. The predicted molar refractivity (Wildman–Crippen MR) is 43.2 cm³/mol. The third-order valence-corrected chi connectivity index (χ3v) is 1.73. The fraction of sp³-hybridized carbons (Fsp3) is 0.714. The second-order valence-corrected chi connectivity index (χ2v) is 2.24. The van der Waals surface area contributed by atoms with Crippen molar-refractivity contribution in [3.05, 3.63) is 11.6 Å². The highest BCUT2D eigenvalue weighted by Crippen LogP contribution is 2.04. The molecule has 0 spiro atoms. The van der Waals surface area contributed by atoms with Crippen molar-refractivity contribution in [3.8, 4) is 0 Å². The fourth-order valence-electron chi connectivity index (χ4n) is 0.661. The molecule has 0 aromatic rings. The number of hydrogen-bond donors (Lipinski definition) is 0. The van der Waals surface area contributed by atoms with Crippen molar-refractivity contribution in [1.82, 2.24) is 0 Å². The van der Waals surface area contributed by atoms with Gasteiger partial charge >= 0.3 is 0 Å². The van der Waals surface area contributed by atoms with Crippen molar-refractivity contribution in [2.45, 2.75) is 26.7 Å². The van der Waals surface area contributed by atoms with Crippen molar-refractivity contribution < 1.29 is 0 Å². The summed E-state index contributed by atoms with van der Waals surface area (Å²) in [5.41, 5.74) is 1.55. The molecule has 1 unspecified atom stereocenters. The number of allylic oxidation sites excluding steroid dienone is 2. The van der Waals surface area contributed by atoms with E-state index in [0.717, 1.165) is 6.16 Å². The summed E-state index contributed by atoms with van der Waals surface area (Å²) in [6, 6.07) is 0. The van der Waals surface area contributed by atoms with E-state index < -0.39 is 0 Å². The van der Waals surface area contributed by atoms with E-state index in [4.69, 9.17) is 0 Å².